The Morgan fingerprint density at radius 1 is 1.33 bits per heavy atom. The fraction of sp³-hybridized carbons (Fsp3) is 0.200. The lowest BCUT2D eigenvalue weighted by Crippen LogP contribution is -2.09. The van der Waals surface area contributed by atoms with Crippen molar-refractivity contribution in [3.8, 4) is 11.6 Å². The van der Waals surface area contributed by atoms with Gasteiger partial charge in [-0.2, -0.15) is 0 Å². The number of hydrogen-bond acceptors (Lipinski definition) is 7. The molecule has 0 fully saturated rings. The number of rotatable bonds is 7. The van der Waals surface area contributed by atoms with Crippen molar-refractivity contribution >= 4 is 28.4 Å². The van der Waals surface area contributed by atoms with E-state index in [1.165, 1.54) is 25.4 Å². The van der Waals surface area contributed by atoms with Crippen LogP contribution >= 0.6 is 11.6 Å². The number of methoxy groups -OCH3 is 1. The number of aryl methyl sites for hydroxylation is 1. The molecular weight excluding hydrogens is 415 g/mol. The lowest BCUT2D eigenvalue weighted by atomic mass is 10.0. The monoisotopic (exact) mass is 430 g/mol. The average Bonchev–Trinajstić information content (AvgIpc) is 3.32. The molecule has 3 aromatic heterocycles. The molecule has 0 bridgehead atoms. The summed E-state index contributed by atoms with van der Waals surface area (Å²) in [6.07, 6.45) is 1.40. The molecule has 3 heterocycles. The van der Waals surface area contributed by atoms with Crippen molar-refractivity contribution < 1.29 is 23.2 Å². The number of pyridine rings is 1. The number of halogens is 2. The number of ether oxygens (including phenoxy) is 2. The van der Waals surface area contributed by atoms with Gasteiger partial charge in [-0.1, -0.05) is 16.8 Å². The number of nitrogens with one attached hydrogen (secondary N) is 1. The number of ketones is 1. The van der Waals surface area contributed by atoms with Gasteiger partial charge in [-0.3, -0.25) is 9.89 Å². The molecule has 4 aromatic rings. The highest BCUT2D eigenvalue weighted by Crippen LogP contribution is 2.30. The van der Waals surface area contributed by atoms with Crippen LogP contribution in [0.2, 0.25) is 5.02 Å². The van der Waals surface area contributed by atoms with Crippen molar-refractivity contribution in [1.82, 2.24) is 20.3 Å². The van der Waals surface area contributed by atoms with Crippen LogP contribution in [0.5, 0.6) is 11.6 Å². The van der Waals surface area contributed by atoms with E-state index < -0.39 is 11.6 Å². The first-order valence-electron chi connectivity index (χ1n) is 8.89. The Bertz CT molecular complexity index is 1240. The molecule has 8 nitrogen and oxygen atoms in total. The summed E-state index contributed by atoms with van der Waals surface area (Å²) in [5, 5.41) is 11.1. The van der Waals surface area contributed by atoms with E-state index >= 15 is 0 Å². The minimum Gasteiger partial charge on any atom is -0.484 e. The van der Waals surface area contributed by atoms with Crippen molar-refractivity contribution in [2.45, 2.75) is 20.0 Å². The molecule has 0 spiro atoms. The summed E-state index contributed by atoms with van der Waals surface area (Å²) in [4.78, 5) is 17.0. The van der Waals surface area contributed by atoms with Gasteiger partial charge >= 0.3 is 0 Å². The molecule has 0 saturated carbocycles. The third-order valence-corrected chi connectivity index (χ3v) is 4.70. The fourth-order valence-electron chi connectivity index (χ4n) is 2.99. The zero-order valence-electron chi connectivity index (χ0n) is 16.0. The third-order valence-electron chi connectivity index (χ3n) is 4.38. The standard InChI is InChI=1S/C20H16ClFN4O4/c1-10-5-12(26-30-10)9-29-16-4-3-14(21)17(18(16)22)15(27)7-11-6-13-19(23-8-11)24-25-20(13)28-2/h3-6,8H,7,9H2,1-2H3,(H,23,24,25). The van der Waals surface area contributed by atoms with Crippen LogP contribution in [0, 0.1) is 12.7 Å². The van der Waals surface area contributed by atoms with Crippen molar-refractivity contribution in [3.05, 3.63) is 63.9 Å². The Balaban J connectivity index is 1.57. The Labute approximate surface area is 174 Å². The lowest BCUT2D eigenvalue weighted by molar-refractivity contribution is 0.0988. The van der Waals surface area contributed by atoms with E-state index in [4.69, 9.17) is 25.6 Å². The highest BCUT2D eigenvalue weighted by atomic mass is 35.5. The maximum Gasteiger partial charge on any atom is 0.241 e. The maximum absolute atomic E-state index is 15.0. The van der Waals surface area contributed by atoms with E-state index in [9.17, 15) is 9.18 Å². The minimum absolute atomic E-state index is 0.00272. The van der Waals surface area contributed by atoms with Crippen molar-refractivity contribution in [2.24, 2.45) is 0 Å². The lowest BCUT2D eigenvalue weighted by Gasteiger charge is -2.10. The molecule has 0 radical (unpaired) electrons. The van der Waals surface area contributed by atoms with Gasteiger partial charge in [0.2, 0.25) is 5.88 Å². The molecule has 0 aliphatic heterocycles. The zero-order valence-corrected chi connectivity index (χ0v) is 16.8. The summed E-state index contributed by atoms with van der Waals surface area (Å²) in [6.45, 7) is 1.73. The predicted octanol–water partition coefficient (Wildman–Crippen LogP) is 4.06. The fourth-order valence-corrected chi connectivity index (χ4v) is 3.24. The Morgan fingerprint density at radius 2 is 2.17 bits per heavy atom. The summed E-state index contributed by atoms with van der Waals surface area (Å²) in [6, 6.07) is 6.17. The van der Waals surface area contributed by atoms with Crippen LogP contribution in [0.25, 0.3) is 11.0 Å². The number of Topliss-reactive ketones (excluding diaryl/α,β-unsaturated/α-hetero) is 1. The van der Waals surface area contributed by atoms with Gasteiger partial charge in [-0.05, 0) is 30.7 Å². The second-order valence-corrected chi connectivity index (χ2v) is 6.93. The van der Waals surface area contributed by atoms with Crippen LogP contribution in [0.15, 0.2) is 35.0 Å². The molecule has 0 amide bonds. The predicted molar refractivity (Wildman–Crippen MR) is 105 cm³/mol. The molecule has 154 valence electrons. The van der Waals surface area contributed by atoms with Gasteiger partial charge in [-0.15, -0.1) is 5.10 Å². The molecule has 1 aromatic carbocycles. The van der Waals surface area contributed by atoms with Crippen LogP contribution in [-0.4, -0.2) is 33.2 Å². The third kappa shape index (κ3) is 3.84. The first-order chi connectivity index (χ1) is 14.5. The molecule has 1 N–H and O–H groups in total. The Morgan fingerprint density at radius 3 is 2.90 bits per heavy atom. The van der Waals surface area contributed by atoms with Gasteiger partial charge in [0, 0.05) is 18.7 Å². The van der Waals surface area contributed by atoms with Gasteiger partial charge in [-0.25, -0.2) is 9.37 Å². The first kappa shape index (κ1) is 19.8. The van der Waals surface area contributed by atoms with E-state index in [0.29, 0.717) is 33.9 Å². The number of carbonyl (C=O) groups is 1. The van der Waals surface area contributed by atoms with E-state index in [0.717, 1.165) is 0 Å². The van der Waals surface area contributed by atoms with Crippen LogP contribution in [0.1, 0.15) is 27.4 Å². The van der Waals surface area contributed by atoms with Crippen LogP contribution in [-0.2, 0) is 13.0 Å². The van der Waals surface area contributed by atoms with Crippen molar-refractivity contribution in [2.75, 3.05) is 7.11 Å². The minimum atomic E-state index is -0.831. The Hall–Kier alpha value is -3.46. The second-order valence-electron chi connectivity index (χ2n) is 6.52. The highest BCUT2D eigenvalue weighted by Gasteiger charge is 2.21. The summed E-state index contributed by atoms with van der Waals surface area (Å²) in [5.41, 5.74) is 1.34. The molecule has 0 aliphatic carbocycles. The van der Waals surface area contributed by atoms with E-state index in [2.05, 4.69) is 20.3 Å². The number of fused-ring (bicyclic) bond motifs is 1. The number of aromatic nitrogens is 4. The SMILES string of the molecule is COc1n[nH]c2ncc(CC(=O)c3c(Cl)ccc(OCc4cc(C)on4)c3F)cc12. The normalized spacial score (nSPS) is 11.1. The summed E-state index contributed by atoms with van der Waals surface area (Å²) < 4.78 is 30.6. The van der Waals surface area contributed by atoms with Crippen LogP contribution < -0.4 is 9.47 Å². The molecular formula is C20H16ClFN4O4. The number of hydrogen-bond donors (Lipinski definition) is 1. The molecule has 0 saturated heterocycles. The summed E-state index contributed by atoms with van der Waals surface area (Å²) in [7, 11) is 1.48. The largest absolute Gasteiger partial charge is 0.484 e. The molecule has 4 rings (SSSR count). The van der Waals surface area contributed by atoms with Gasteiger partial charge in [0.1, 0.15) is 18.1 Å². The number of carbonyl (C=O) groups excluding carboxylic acids is 1. The second kappa shape index (κ2) is 8.11. The maximum atomic E-state index is 15.0. The van der Waals surface area contributed by atoms with Crippen molar-refractivity contribution in [3.63, 3.8) is 0 Å². The van der Waals surface area contributed by atoms with Gasteiger partial charge in [0.05, 0.1) is 23.1 Å². The van der Waals surface area contributed by atoms with E-state index in [1.54, 1.807) is 19.1 Å². The van der Waals surface area contributed by atoms with E-state index in [1.807, 2.05) is 0 Å². The molecule has 0 unspecified atom stereocenters. The quantitative estimate of drug-likeness (QED) is 0.441. The molecule has 10 heteroatoms. The van der Waals surface area contributed by atoms with Crippen LogP contribution in [0.3, 0.4) is 0 Å². The zero-order chi connectivity index (χ0) is 21.3. The number of nitrogens with zero attached hydrogens (tertiary/aromatic N) is 3. The molecule has 0 atom stereocenters. The highest BCUT2D eigenvalue weighted by molar-refractivity contribution is 6.34. The summed E-state index contributed by atoms with van der Waals surface area (Å²) in [5.74, 6) is -0.477. The average molecular weight is 431 g/mol. The van der Waals surface area contributed by atoms with Gasteiger partial charge < -0.3 is 14.0 Å². The molecule has 0 aliphatic rings. The smallest absolute Gasteiger partial charge is 0.241 e. The summed E-state index contributed by atoms with van der Waals surface area (Å²) >= 11 is 6.11. The first-order valence-corrected chi connectivity index (χ1v) is 9.27. The Kier molecular flexibility index (Phi) is 5.37. The molecule has 30 heavy (non-hydrogen) atoms. The van der Waals surface area contributed by atoms with Crippen LogP contribution in [0.4, 0.5) is 4.39 Å². The number of H-pyrrole nitrogens is 1. The van der Waals surface area contributed by atoms with Crippen molar-refractivity contribution in [1.29, 1.82) is 0 Å². The van der Waals surface area contributed by atoms with Gasteiger partial charge in [0.15, 0.2) is 23.0 Å². The topological polar surface area (TPSA) is 103 Å². The van der Waals surface area contributed by atoms with E-state index in [-0.39, 0.29) is 29.4 Å². The van der Waals surface area contributed by atoms with Gasteiger partial charge in [0.25, 0.3) is 0 Å². The number of aromatic amines is 1. The number of benzene rings is 1.